The molecule has 2 amide bonds. The molecular formula is C25H40N12O7S2+2. The van der Waals surface area contributed by atoms with Gasteiger partial charge in [-0.05, 0) is 20.8 Å². The van der Waals surface area contributed by atoms with Crippen LogP contribution in [-0.2, 0) is 19.2 Å². The average Bonchev–Trinajstić information content (AvgIpc) is 3.41. The van der Waals surface area contributed by atoms with Gasteiger partial charge in [0, 0.05) is 22.4 Å². The van der Waals surface area contributed by atoms with Gasteiger partial charge in [-0.25, -0.2) is 19.8 Å². The predicted octanol–water partition coefficient (Wildman–Crippen LogP) is -4.27. The lowest BCUT2D eigenvalue weighted by molar-refractivity contribution is -0.540. The number of thioether (sulfide) groups is 1. The number of fused-ring (bicyclic) bond motifs is 1. The number of carbonyl (C=O) groups excluding carboxylic acids is 2. The highest BCUT2D eigenvalue weighted by Crippen LogP contribution is 2.41. The van der Waals surface area contributed by atoms with Crippen LogP contribution in [0.3, 0.4) is 0 Å². The molecule has 0 saturated carbocycles. The van der Waals surface area contributed by atoms with Crippen LogP contribution in [-0.4, -0.2) is 121 Å². The minimum absolute atomic E-state index is 0.0105. The normalized spacial score (nSPS) is 18.8. The zero-order chi connectivity index (χ0) is 34.3. The number of aliphatic carboxylic acids is 1. The molecule has 2 aliphatic heterocycles. The van der Waals surface area contributed by atoms with Crippen LogP contribution in [0.4, 0.5) is 5.13 Å². The van der Waals surface area contributed by atoms with Crippen molar-refractivity contribution in [3.8, 4) is 0 Å². The van der Waals surface area contributed by atoms with Gasteiger partial charge in [0.15, 0.2) is 23.7 Å². The molecule has 1 saturated heterocycles. The molecule has 252 valence electrons. The van der Waals surface area contributed by atoms with Crippen LogP contribution in [0.15, 0.2) is 33.3 Å². The number of carboxylic acid groups (broad SMARTS) is 1. The first kappa shape index (κ1) is 36.0. The van der Waals surface area contributed by atoms with Gasteiger partial charge in [0.2, 0.25) is 12.3 Å². The molecule has 1 fully saturated rings. The number of rotatable bonds is 16. The number of allylic oxidation sites excluding steroid dienone is 1. The Labute approximate surface area is 272 Å². The van der Waals surface area contributed by atoms with Gasteiger partial charge >= 0.3 is 5.97 Å². The Morgan fingerprint density at radius 2 is 2.07 bits per heavy atom. The van der Waals surface area contributed by atoms with Gasteiger partial charge in [0.05, 0.1) is 12.2 Å². The van der Waals surface area contributed by atoms with Crippen molar-refractivity contribution in [3.63, 3.8) is 0 Å². The lowest BCUT2D eigenvalue weighted by Gasteiger charge is -2.50. The van der Waals surface area contributed by atoms with Crippen molar-refractivity contribution in [3.05, 3.63) is 33.9 Å². The summed E-state index contributed by atoms with van der Waals surface area (Å²) in [6.45, 7) is 9.66. The highest BCUT2D eigenvalue weighted by molar-refractivity contribution is 8.00. The summed E-state index contributed by atoms with van der Waals surface area (Å²) in [5.41, 5.74) is 16.2. The Hall–Kier alpha value is -4.44. The molecule has 1 unspecified atom stereocenters. The van der Waals surface area contributed by atoms with E-state index in [2.05, 4.69) is 32.8 Å². The second-order valence-electron chi connectivity index (χ2n) is 10.7. The molecule has 1 aromatic rings. The summed E-state index contributed by atoms with van der Waals surface area (Å²) in [4.78, 5) is 48.3. The third kappa shape index (κ3) is 8.84. The first-order valence-corrected chi connectivity index (χ1v) is 15.7. The number of nitrogens with one attached hydrogen (secondary N) is 4. The zero-order valence-electron chi connectivity index (χ0n) is 25.4. The van der Waals surface area contributed by atoms with Crippen LogP contribution in [0.1, 0.15) is 26.5 Å². The number of guanidine groups is 1. The van der Waals surface area contributed by atoms with Gasteiger partial charge in [0.25, 0.3) is 17.8 Å². The van der Waals surface area contributed by atoms with Crippen molar-refractivity contribution >= 4 is 64.4 Å². The number of nitrogen functional groups attached to an aromatic ring is 1. The van der Waals surface area contributed by atoms with E-state index in [1.807, 2.05) is 0 Å². The molecule has 2 atom stereocenters. The highest BCUT2D eigenvalue weighted by Gasteiger charge is 2.54. The van der Waals surface area contributed by atoms with Crippen molar-refractivity contribution in [2.75, 3.05) is 37.8 Å². The van der Waals surface area contributed by atoms with Gasteiger partial charge in [-0.15, -0.1) is 23.1 Å². The first-order valence-electron chi connectivity index (χ1n) is 13.7. The fourth-order valence-electron chi connectivity index (χ4n) is 4.13. The quantitative estimate of drug-likeness (QED) is 0.0149. The van der Waals surface area contributed by atoms with E-state index < -0.39 is 41.1 Å². The van der Waals surface area contributed by atoms with Gasteiger partial charge in [-0.2, -0.15) is 0 Å². The van der Waals surface area contributed by atoms with E-state index in [-0.39, 0.29) is 47.2 Å². The summed E-state index contributed by atoms with van der Waals surface area (Å²) in [5.74, 6) is -2.15. The Bertz CT molecular complexity index is 1470. The van der Waals surface area contributed by atoms with Gasteiger partial charge in [0.1, 0.15) is 36.2 Å². The van der Waals surface area contributed by atoms with Crippen molar-refractivity contribution < 1.29 is 44.4 Å². The maximum atomic E-state index is 13.3. The number of aliphatic hydroxyl groups excluding tert-OH is 1. The fourth-order valence-corrected chi connectivity index (χ4v) is 6.04. The van der Waals surface area contributed by atoms with E-state index in [0.717, 1.165) is 11.3 Å². The molecule has 2 aliphatic rings. The van der Waals surface area contributed by atoms with E-state index in [1.54, 1.807) is 16.8 Å². The van der Waals surface area contributed by atoms with E-state index in [0.29, 0.717) is 30.2 Å². The molecular weight excluding hydrogens is 644 g/mol. The van der Waals surface area contributed by atoms with E-state index in [1.165, 1.54) is 35.9 Å². The fraction of sp³-hybridized carbons (Fsp3) is 0.480. The number of thiazole rings is 1. The highest BCUT2D eigenvalue weighted by atomic mass is 32.2. The molecule has 1 aromatic heterocycles. The summed E-state index contributed by atoms with van der Waals surface area (Å²) < 4.78 is 1.59. The lowest BCUT2D eigenvalue weighted by Crippen LogP contribution is -2.91. The van der Waals surface area contributed by atoms with Gasteiger partial charge < -0.3 is 53.3 Å². The van der Waals surface area contributed by atoms with Gasteiger partial charge in [-0.1, -0.05) is 5.16 Å². The molecule has 15 N–H and O–H groups in total. The van der Waals surface area contributed by atoms with Crippen molar-refractivity contribution in [1.82, 2.24) is 25.8 Å². The number of hydrogen-bond acceptors (Lipinski definition) is 15. The number of β-lactam (4-membered cyclic amide) rings is 1. The van der Waals surface area contributed by atoms with Crippen molar-refractivity contribution in [1.29, 1.82) is 5.41 Å². The molecule has 0 aromatic carbocycles. The summed E-state index contributed by atoms with van der Waals surface area (Å²) in [7, 11) is 0. The third-order valence-electron chi connectivity index (χ3n) is 6.69. The largest absolute Gasteiger partial charge is 0.478 e. The van der Waals surface area contributed by atoms with Crippen LogP contribution in [0, 0.1) is 5.41 Å². The number of carbonyl (C=O) groups is 3. The molecule has 0 bridgehead atoms. The number of quaternary nitrogens is 1. The van der Waals surface area contributed by atoms with Gasteiger partial charge in [-0.3, -0.25) is 19.8 Å². The average molecular weight is 685 g/mol. The maximum absolute atomic E-state index is 13.3. The van der Waals surface area contributed by atoms with E-state index in [9.17, 15) is 29.7 Å². The van der Waals surface area contributed by atoms with Crippen LogP contribution in [0.25, 0.3) is 0 Å². The van der Waals surface area contributed by atoms with Crippen LogP contribution in [0.5, 0.6) is 0 Å². The summed E-state index contributed by atoms with van der Waals surface area (Å²) in [6.07, 6.45) is -1.98. The second kappa shape index (κ2) is 15.2. The Morgan fingerprint density at radius 1 is 1.37 bits per heavy atom. The summed E-state index contributed by atoms with van der Waals surface area (Å²) >= 11 is 2.32. The number of aromatic nitrogens is 1. The molecule has 3 rings (SSSR count). The topological polar surface area (TPSA) is 307 Å². The zero-order valence-corrected chi connectivity index (χ0v) is 27.1. The number of carboxylic acids is 1. The SMILES string of the molecule is C=[N+](CN/C(N)=C(\C)NCC[NH2+]C(=N)N)CC1=C(C(O)O)N2C(=O)[C@@H](NC(=O)/C(=N\OC(C)(C)C(=O)O)c3csc(N)n3)C2SC1. The van der Waals surface area contributed by atoms with Crippen molar-refractivity contribution in [2.45, 2.75) is 44.1 Å². The van der Waals surface area contributed by atoms with E-state index >= 15 is 0 Å². The molecule has 3 heterocycles. The minimum Gasteiger partial charge on any atom is -0.478 e. The summed E-state index contributed by atoms with van der Waals surface area (Å²) in [5, 5.41) is 51.9. The molecule has 21 heteroatoms. The first-order chi connectivity index (χ1) is 21.5. The second-order valence-corrected chi connectivity index (χ2v) is 12.7. The minimum atomic E-state index is -1.98. The standard InChI is InChI=1S/C25H38N12O7S2/c1-11(30-5-6-31-23(27)28)17(26)32-10-36(4)7-12-8-45-20-15(19(39)37(20)16(12)21(40)41)34-18(38)14(13-9-46-24(29)33-13)35-44-25(2,3)22(42)43/h9,15,20-21,40-41H,4-8,10H2,1-3H3,(H11-,26,27,28,29,30,31,32,33,34,35,38,42,43)/p+2/t15-,20?/m1/s1. The molecule has 0 aliphatic carbocycles. The molecule has 0 spiro atoms. The third-order valence-corrected chi connectivity index (χ3v) is 8.71. The Kier molecular flexibility index (Phi) is 11.9. The number of anilines is 1. The Balaban J connectivity index is 1.68. The number of nitrogens with zero attached hydrogens (tertiary/aromatic N) is 4. The number of hydrogen-bond donors (Lipinski definition) is 11. The van der Waals surface area contributed by atoms with Crippen LogP contribution in [0.2, 0.25) is 0 Å². The smallest absolute Gasteiger partial charge is 0.350 e. The summed E-state index contributed by atoms with van der Waals surface area (Å²) in [6, 6.07) is -1.06. The predicted molar refractivity (Wildman–Crippen MR) is 170 cm³/mol. The molecule has 46 heavy (non-hydrogen) atoms. The lowest BCUT2D eigenvalue weighted by atomic mass is 10.0. The molecule has 0 radical (unpaired) electrons. The maximum Gasteiger partial charge on any atom is 0.350 e. The Morgan fingerprint density at radius 3 is 2.65 bits per heavy atom. The monoisotopic (exact) mass is 684 g/mol. The number of nitrogens with two attached hydrogens (primary N) is 4. The number of amides is 2. The number of oxime groups is 1. The van der Waals surface area contributed by atoms with Crippen LogP contribution >= 0.6 is 23.1 Å². The van der Waals surface area contributed by atoms with E-state index in [4.69, 9.17) is 27.4 Å². The number of aliphatic hydroxyl groups is 2. The van der Waals surface area contributed by atoms with Crippen molar-refractivity contribution in [2.24, 2.45) is 16.6 Å². The molecule has 19 nitrogen and oxygen atoms in total. The van der Waals surface area contributed by atoms with Crippen LogP contribution < -0.4 is 38.5 Å².